The number of methoxy groups -OCH3 is 2. The number of rotatable bonds is 7. The minimum atomic E-state index is -0.548. The van der Waals surface area contributed by atoms with Crippen molar-refractivity contribution in [1.82, 2.24) is 9.13 Å². The van der Waals surface area contributed by atoms with Crippen molar-refractivity contribution in [3.63, 3.8) is 0 Å². The summed E-state index contributed by atoms with van der Waals surface area (Å²) in [6.07, 6.45) is 5.36. The van der Waals surface area contributed by atoms with Gasteiger partial charge in [0.25, 0.3) is 5.56 Å². The maximum Gasteiger partial charge on any atom is 0.332 e. The van der Waals surface area contributed by atoms with E-state index in [9.17, 15) is 9.59 Å². The number of aromatic nitrogens is 2. The van der Waals surface area contributed by atoms with Crippen LogP contribution in [0.5, 0.6) is 0 Å². The van der Waals surface area contributed by atoms with Crippen molar-refractivity contribution in [3.05, 3.63) is 67.2 Å². The summed E-state index contributed by atoms with van der Waals surface area (Å²) in [5, 5.41) is 0.718. The lowest BCUT2D eigenvalue weighted by Crippen LogP contribution is -2.42. The summed E-state index contributed by atoms with van der Waals surface area (Å²) >= 11 is 1.59. The fraction of sp³-hybridized carbons (Fsp3) is 0.478. The molecule has 0 spiro atoms. The summed E-state index contributed by atoms with van der Waals surface area (Å²) < 4.78 is 13.8. The van der Waals surface area contributed by atoms with E-state index in [4.69, 9.17) is 9.47 Å². The summed E-state index contributed by atoms with van der Waals surface area (Å²) in [4.78, 5) is 28.9. The number of fused-ring (bicyclic) bond motifs is 3. The molecule has 1 aliphatic carbocycles. The van der Waals surface area contributed by atoms with Crippen LogP contribution < -0.4 is 11.2 Å². The third-order valence-corrected chi connectivity index (χ3v) is 7.21. The molecule has 2 heterocycles. The van der Waals surface area contributed by atoms with Gasteiger partial charge in [-0.3, -0.25) is 13.9 Å². The predicted octanol–water partition coefficient (Wildman–Crippen LogP) is 3.36. The summed E-state index contributed by atoms with van der Waals surface area (Å²) in [6.45, 7) is 0.611. The Balaban J connectivity index is 1.86. The Morgan fingerprint density at radius 1 is 1.00 bits per heavy atom. The second-order valence-electron chi connectivity index (χ2n) is 7.73. The topological polar surface area (TPSA) is 62.5 Å². The smallest absolute Gasteiger partial charge is 0.332 e. The van der Waals surface area contributed by atoms with E-state index < -0.39 is 6.29 Å². The van der Waals surface area contributed by atoms with Gasteiger partial charge in [-0.25, -0.2) is 4.79 Å². The van der Waals surface area contributed by atoms with Gasteiger partial charge in [-0.1, -0.05) is 36.8 Å². The Kier molecular flexibility index (Phi) is 6.51. The molecule has 6 nitrogen and oxygen atoms in total. The molecule has 160 valence electrons. The average molecular weight is 429 g/mol. The first-order chi connectivity index (χ1) is 14.6. The molecule has 0 amide bonds. The Bertz CT molecular complexity index is 1130. The van der Waals surface area contributed by atoms with E-state index in [0.717, 1.165) is 47.0 Å². The zero-order valence-electron chi connectivity index (χ0n) is 17.6. The number of benzene rings is 1. The zero-order valence-corrected chi connectivity index (χ0v) is 18.4. The monoisotopic (exact) mass is 428 g/mol. The minimum absolute atomic E-state index is 0.159. The Labute approximate surface area is 179 Å². The van der Waals surface area contributed by atoms with Gasteiger partial charge in [0.1, 0.15) is 4.83 Å². The third-order valence-electron chi connectivity index (χ3n) is 5.89. The van der Waals surface area contributed by atoms with E-state index in [-0.39, 0.29) is 17.8 Å². The number of hydrogen-bond donors (Lipinski definition) is 0. The molecule has 3 aromatic rings. The van der Waals surface area contributed by atoms with E-state index in [1.165, 1.54) is 15.9 Å². The van der Waals surface area contributed by atoms with Crippen LogP contribution >= 0.6 is 11.3 Å². The van der Waals surface area contributed by atoms with Crippen LogP contribution in [0.2, 0.25) is 0 Å². The van der Waals surface area contributed by atoms with Crippen molar-refractivity contribution < 1.29 is 9.47 Å². The van der Waals surface area contributed by atoms with Gasteiger partial charge in [0.15, 0.2) is 6.29 Å². The standard InChI is InChI=1S/C23H28N2O4S/c1-28-19(29-2)15-25-22-20(17-11-7-4-8-12-18(17)30-22)21(26)24(23(25)27)14-13-16-9-5-3-6-10-16/h3,5-6,9-10,19H,4,7-8,11-15H2,1-2H3. The lowest BCUT2D eigenvalue weighted by molar-refractivity contribution is -0.111. The number of nitrogens with zero attached hydrogens (tertiary/aromatic N) is 2. The lowest BCUT2D eigenvalue weighted by atomic mass is 10.1. The first-order valence-electron chi connectivity index (χ1n) is 10.5. The lowest BCUT2D eigenvalue weighted by Gasteiger charge is -2.17. The summed E-state index contributed by atoms with van der Waals surface area (Å²) in [6, 6.07) is 9.94. The van der Waals surface area contributed by atoms with Crippen LogP contribution in [0.15, 0.2) is 39.9 Å². The molecule has 0 saturated heterocycles. The van der Waals surface area contributed by atoms with Gasteiger partial charge in [-0.05, 0) is 43.2 Å². The summed E-state index contributed by atoms with van der Waals surface area (Å²) in [5.41, 5.74) is 1.80. The average Bonchev–Trinajstić information content (AvgIpc) is 2.97. The van der Waals surface area contributed by atoms with E-state index in [0.29, 0.717) is 13.0 Å². The molecule has 0 bridgehead atoms. The van der Waals surface area contributed by atoms with Crippen molar-refractivity contribution in [2.24, 2.45) is 0 Å². The minimum Gasteiger partial charge on any atom is -0.354 e. The largest absolute Gasteiger partial charge is 0.354 e. The molecule has 0 radical (unpaired) electrons. The van der Waals surface area contributed by atoms with Crippen LogP contribution in [-0.4, -0.2) is 29.6 Å². The maximum atomic E-state index is 13.5. The molecule has 0 atom stereocenters. The molecule has 4 rings (SSSR count). The van der Waals surface area contributed by atoms with Gasteiger partial charge >= 0.3 is 5.69 Å². The zero-order chi connectivity index (χ0) is 21.1. The van der Waals surface area contributed by atoms with Gasteiger partial charge in [0.2, 0.25) is 0 Å². The van der Waals surface area contributed by atoms with Crippen molar-refractivity contribution in [1.29, 1.82) is 0 Å². The van der Waals surface area contributed by atoms with Gasteiger partial charge in [-0.2, -0.15) is 0 Å². The molecule has 0 saturated carbocycles. The Morgan fingerprint density at radius 2 is 1.73 bits per heavy atom. The van der Waals surface area contributed by atoms with Crippen molar-refractivity contribution in [2.45, 2.75) is 57.9 Å². The first-order valence-corrected chi connectivity index (χ1v) is 11.3. The predicted molar refractivity (Wildman–Crippen MR) is 120 cm³/mol. The van der Waals surface area contributed by atoms with Crippen LogP contribution in [0.3, 0.4) is 0 Å². The molecule has 2 aromatic heterocycles. The Morgan fingerprint density at radius 3 is 2.47 bits per heavy atom. The molecule has 1 aromatic carbocycles. The molecule has 7 heteroatoms. The number of aryl methyl sites for hydroxylation is 3. The highest BCUT2D eigenvalue weighted by molar-refractivity contribution is 7.18. The second-order valence-corrected chi connectivity index (χ2v) is 8.81. The van der Waals surface area contributed by atoms with Crippen LogP contribution in [0, 0.1) is 0 Å². The quantitative estimate of drug-likeness (QED) is 0.428. The molecular weight excluding hydrogens is 400 g/mol. The summed E-state index contributed by atoms with van der Waals surface area (Å²) in [5.74, 6) is 0. The number of thiophene rings is 1. The Hall–Kier alpha value is -2.22. The molecule has 0 N–H and O–H groups in total. The van der Waals surface area contributed by atoms with Crippen molar-refractivity contribution in [2.75, 3.05) is 14.2 Å². The normalized spacial score (nSPS) is 14.2. The van der Waals surface area contributed by atoms with E-state index in [2.05, 4.69) is 0 Å². The highest BCUT2D eigenvalue weighted by atomic mass is 32.1. The van der Waals surface area contributed by atoms with E-state index in [1.807, 2.05) is 30.3 Å². The van der Waals surface area contributed by atoms with Gasteiger partial charge in [0, 0.05) is 25.6 Å². The van der Waals surface area contributed by atoms with Crippen LogP contribution in [0.25, 0.3) is 10.2 Å². The van der Waals surface area contributed by atoms with Gasteiger partial charge < -0.3 is 9.47 Å². The molecule has 1 aliphatic rings. The first kappa shape index (κ1) is 21.0. The third kappa shape index (κ3) is 4.02. The highest BCUT2D eigenvalue weighted by Gasteiger charge is 2.24. The van der Waals surface area contributed by atoms with E-state index >= 15 is 0 Å². The number of ether oxygens (including phenoxy) is 2. The van der Waals surface area contributed by atoms with Gasteiger partial charge in [0.05, 0.1) is 11.9 Å². The van der Waals surface area contributed by atoms with Crippen molar-refractivity contribution >= 4 is 21.6 Å². The summed E-state index contributed by atoms with van der Waals surface area (Å²) in [7, 11) is 3.12. The van der Waals surface area contributed by atoms with Crippen LogP contribution in [-0.2, 0) is 41.8 Å². The molecular formula is C23H28N2O4S. The second kappa shape index (κ2) is 9.29. The fourth-order valence-electron chi connectivity index (χ4n) is 4.23. The van der Waals surface area contributed by atoms with E-state index in [1.54, 1.807) is 30.1 Å². The molecule has 0 unspecified atom stereocenters. The van der Waals surface area contributed by atoms with Gasteiger partial charge in [-0.15, -0.1) is 11.3 Å². The SMILES string of the molecule is COC(Cn1c(=O)n(CCc2ccccc2)c(=O)c2c3c(sc21)CCCCC3)OC. The molecule has 0 aliphatic heterocycles. The molecule has 0 fully saturated rings. The van der Waals surface area contributed by atoms with Crippen molar-refractivity contribution in [3.8, 4) is 0 Å². The maximum absolute atomic E-state index is 13.5. The number of hydrogen-bond acceptors (Lipinski definition) is 5. The molecule has 30 heavy (non-hydrogen) atoms. The fourth-order valence-corrected chi connectivity index (χ4v) is 5.61. The highest BCUT2D eigenvalue weighted by Crippen LogP contribution is 2.33. The van der Waals surface area contributed by atoms with Crippen LogP contribution in [0.4, 0.5) is 0 Å². The van der Waals surface area contributed by atoms with Crippen LogP contribution in [0.1, 0.15) is 35.3 Å².